The summed E-state index contributed by atoms with van der Waals surface area (Å²) in [6.45, 7) is 1.15. The van der Waals surface area contributed by atoms with Crippen molar-refractivity contribution in [2.45, 2.75) is 18.8 Å². The fourth-order valence-electron chi connectivity index (χ4n) is 3.95. The minimum absolute atomic E-state index is 0.0814. The molecule has 2 aromatic carbocycles. The fourth-order valence-corrected chi connectivity index (χ4v) is 3.95. The lowest BCUT2D eigenvalue weighted by atomic mass is 10.1. The topological polar surface area (TPSA) is 96.2 Å². The van der Waals surface area contributed by atoms with Gasteiger partial charge in [0, 0.05) is 31.0 Å². The van der Waals surface area contributed by atoms with Crippen molar-refractivity contribution in [3.8, 4) is 34.5 Å². The van der Waals surface area contributed by atoms with Crippen LogP contribution < -0.4 is 18.9 Å². The first-order valence-corrected chi connectivity index (χ1v) is 10.6. The number of rotatable bonds is 9. The van der Waals surface area contributed by atoms with E-state index in [-0.39, 0.29) is 11.8 Å². The SMILES string of the molecule is COc1ccc(CCN2CC(c3noc(-c4ccc(OC)c(OC)c4)n3)CC2=O)cc1OC. The third-order valence-electron chi connectivity index (χ3n) is 5.77. The number of hydrogen-bond acceptors (Lipinski definition) is 8. The summed E-state index contributed by atoms with van der Waals surface area (Å²) in [6, 6.07) is 11.2. The van der Waals surface area contributed by atoms with Gasteiger partial charge in [-0.15, -0.1) is 0 Å². The van der Waals surface area contributed by atoms with E-state index in [1.54, 1.807) is 40.6 Å². The molecular formula is C24H27N3O6. The molecule has 1 atom stereocenters. The molecule has 3 aromatic rings. The van der Waals surface area contributed by atoms with Crippen molar-refractivity contribution in [1.29, 1.82) is 0 Å². The Morgan fingerprint density at radius 2 is 1.61 bits per heavy atom. The number of aromatic nitrogens is 2. The normalized spacial score (nSPS) is 15.6. The molecule has 1 amide bonds. The van der Waals surface area contributed by atoms with Crippen LogP contribution in [0.4, 0.5) is 0 Å². The quantitative estimate of drug-likeness (QED) is 0.487. The van der Waals surface area contributed by atoms with Gasteiger partial charge in [0.25, 0.3) is 5.89 Å². The van der Waals surface area contributed by atoms with Crippen LogP contribution in [0.15, 0.2) is 40.9 Å². The lowest BCUT2D eigenvalue weighted by molar-refractivity contribution is -0.127. The van der Waals surface area contributed by atoms with Crippen LogP contribution >= 0.6 is 0 Å². The molecular weight excluding hydrogens is 426 g/mol. The molecule has 33 heavy (non-hydrogen) atoms. The van der Waals surface area contributed by atoms with E-state index in [0.717, 1.165) is 11.1 Å². The number of benzene rings is 2. The molecule has 0 radical (unpaired) electrons. The van der Waals surface area contributed by atoms with Crippen LogP contribution in [-0.4, -0.2) is 62.5 Å². The number of likely N-dealkylation sites (tertiary alicyclic amines) is 1. The van der Waals surface area contributed by atoms with E-state index in [4.69, 9.17) is 23.5 Å². The maximum Gasteiger partial charge on any atom is 0.258 e. The van der Waals surface area contributed by atoms with Crippen LogP contribution in [0.3, 0.4) is 0 Å². The van der Waals surface area contributed by atoms with Gasteiger partial charge >= 0.3 is 0 Å². The van der Waals surface area contributed by atoms with Crippen molar-refractivity contribution in [3.63, 3.8) is 0 Å². The molecule has 9 nitrogen and oxygen atoms in total. The smallest absolute Gasteiger partial charge is 0.258 e. The maximum atomic E-state index is 12.6. The van der Waals surface area contributed by atoms with E-state index < -0.39 is 0 Å². The summed E-state index contributed by atoms with van der Waals surface area (Å²) in [7, 11) is 6.37. The molecule has 1 unspecified atom stereocenters. The number of hydrogen-bond donors (Lipinski definition) is 0. The molecule has 0 N–H and O–H groups in total. The summed E-state index contributed by atoms with van der Waals surface area (Å²) in [4.78, 5) is 19.0. The van der Waals surface area contributed by atoms with E-state index in [0.29, 0.717) is 60.6 Å². The Hall–Kier alpha value is -3.75. The van der Waals surface area contributed by atoms with Crippen LogP contribution in [-0.2, 0) is 11.2 Å². The number of ether oxygens (including phenoxy) is 4. The molecule has 0 saturated carbocycles. The highest BCUT2D eigenvalue weighted by atomic mass is 16.5. The van der Waals surface area contributed by atoms with Crippen LogP contribution in [0, 0.1) is 0 Å². The summed E-state index contributed by atoms with van der Waals surface area (Å²) < 4.78 is 26.7. The molecule has 9 heteroatoms. The fraction of sp³-hybridized carbons (Fsp3) is 0.375. The monoisotopic (exact) mass is 453 g/mol. The second kappa shape index (κ2) is 9.81. The molecule has 0 bridgehead atoms. The summed E-state index contributed by atoms with van der Waals surface area (Å²) in [5, 5.41) is 4.13. The van der Waals surface area contributed by atoms with Crippen molar-refractivity contribution >= 4 is 5.91 Å². The zero-order valence-electron chi connectivity index (χ0n) is 19.2. The van der Waals surface area contributed by atoms with Gasteiger partial charge in [-0.1, -0.05) is 11.2 Å². The number of carbonyl (C=O) groups excluding carboxylic acids is 1. The average Bonchev–Trinajstić information content (AvgIpc) is 3.49. The van der Waals surface area contributed by atoms with E-state index in [9.17, 15) is 4.79 Å². The van der Waals surface area contributed by atoms with E-state index >= 15 is 0 Å². The zero-order valence-corrected chi connectivity index (χ0v) is 19.2. The lowest BCUT2D eigenvalue weighted by Crippen LogP contribution is -2.27. The molecule has 174 valence electrons. The Morgan fingerprint density at radius 1 is 0.939 bits per heavy atom. The van der Waals surface area contributed by atoms with Crippen LogP contribution in [0.2, 0.25) is 0 Å². The van der Waals surface area contributed by atoms with E-state index in [1.165, 1.54) is 0 Å². The highest BCUT2D eigenvalue weighted by molar-refractivity contribution is 5.79. The minimum Gasteiger partial charge on any atom is -0.493 e. The molecule has 1 aliphatic rings. The van der Waals surface area contributed by atoms with Gasteiger partial charge in [0.1, 0.15) is 0 Å². The van der Waals surface area contributed by atoms with Gasteiger partial charge in [0.15, 0.2) is 28.8 Å². The van der Waals surface area contributed by atoms with Gasteiger partial charge in [-0.05, 0) is 42.3 Å². The minimum atomic E-state index is -0.111. The van der Waals surface area contributed by atoms with Crippen molar-refractivity contribution in [1.82, 2.24) is 15.0 Å². The van der Waals surface area contributed by atoms with Gasteiger partial charge in [0.05, 0.1) is 28.4 Å². The first-order chi connectivity index (χ1) is 16.1. The second-order valence-electron chi connectivity index (χ2n) is 7.71. The highest BCUT2D eigenvalue weighted by Gasteiger charge is 2.33. The largest absolute Gasteiger partial charge is 0.493 e. The molecule has 1 fully saturated rings. The first kappa shape index (κ1) is 22.4. The molecule has 1 saturated heterocycles. The van der Waals surface area contributed by atoms with E-state index in [1.807, 2.05) is 29.2 Å². The average molecular weight is 453 g/mol. The Bertz CT molecular complexity index is 1130. The van der Waals surface area contributed by atoms with Crippen LogP contribution in [0.25, 0.3) is 11.5 Å². The molecule has 1 aromatic heterocycles. The Balaban J connectivity index is 1.41. The van der Waals surface area contributed by atoms with Gasteiger partial charge in [-0.3, -0.25) is 4.79 Å². The van der Waals surface area contributed by atoms with Gasteiger partial charge in [-0.2, -0.15) is 4.98 Å². The molecule has 2 heterocycles. The summed E-state index contributed by atoms with van der Waals surface area (Å²) in [5.74, 6) is 3.43. The summed E-state index contributed by atoms with van der Waals surface area (Å²) in [6.07, 6.45) is 1.07. The van der Waals surface area contributed by atoms with Crippen molar-refractivity contribution in [2.24, 2.45) is 0 Å². The number of amides is 1. The number of methoxy groups -OCH3 is 4. The summed E-state index contributed by atoms with van der Waals surface area (Å²) in [5.41, 5.74) is 1.79. The van der Waals surface area contributed by atoms with Gasteiger partial charge in [-0.25, -0.2) is 0 Å². The second-order valence-corrected chi connectivity index (χ2v) is 7.71. The van der Waals surface area contributed by atoms with Crippen molar-refractivity contribution in [3.05, 3.63) is 47.8 Å². The number of carbonyl (C=O) groups is 1. The number of nitrogens with zero attached hydrogens (tertiary/aromatic N) is 3. The zero-order chi connectivity index (χ0) is 23.4. The van der Waals surface area contributed by atoms with Crippen molar-refractivity contribution < 1.29 is 28.3 Å². The highest BCUT2D eigenvalue weighted by Crippen LogP contribution is 2.33. The van der Waals surface area contributed by atoms with Gasteiger partial charge in [0.2, 0.25) is 5.91 Å². The van der Waals surface area contributed by atoms with Crippen LogP contribution in [0.1, 0.15) is 23.7 Å². The summed E-state index contributed by atoms with van der Waals surface area (Å²) >= 11 is 0. The third-order valence-corrected chi connectivity index (χ3v) is 5.77. The predicted octanol–water partition coefficient (Wildman–Crippen LogP) is 3.33. The van der Waals surface area contributed by atoms with Crippen LogP contribution in [0.5, 0.6) is 23.0 Å². The first-order valence-electron chi connectivity index (χ1n) is 10.6. The molecule has 1 aliphatic heterocycles. The van der Waals surface area contributed by atoms with Gasteiger partial charge < -0.3 is 28.4 Å². The Kier molecular flexibility index (Phi) is 6.67. The standard InChI is InChI=1S/C24H27N3O6/c1-29-18-7-5-15(11-20(18)31-3)9-10-27-14-17(13-22(27)28)23-25-24(33-26-23)16-6-8-19(30-2)21(12-16)32-4/h5-8,11-12,17H,9-10,13-14H2,1-4H3. The van der Waals surface area contributed by atoms with Crippen molar-refractivity contribution in [2.75, 3.05) is 41.5 Å². The predicted molar refractivity (Wildman–Crippen MR) is 120 cm³/mol. The maximum absolute atomic E-state index is 12.6. The Labute approximate surface area is 192 Å². The lowest BCUT2D eigenvalue weighted by Gasteiger charge is -2.16. The molecule has 0 spiro atoms. The Morgan fingerprint density at radius 3 is 2.30 bits per heavy atom. The third kappa shape index (κ3) is 4.72. The molecule has 4 rings (SSSR count). The van der Waals surface area contributed by atoms with E-state index in [2.05, 4.69) is 10.1 Å². The molecule has 0 aliphatic carbocycles.